The van der Waals surface area contributed by atoms with Crippen LogP contribution >= 0.6 is 0 Å². The number of aromatic nitrogens is 3. The third-order valence-corrected chi connectivity index (χ3v) is 5.24. The average molecular weight is 324 g/mol. The first-order valence-electron chi connectivity index (χ1n) is 8.50. The van der Waals surface area contributed by atoms with Gasteiger partial charge >= 0.3 is 0 Å². The summed E-state index contributed by atoms with van der Waals surface area (Å²) < 4.78 is 6.93. The van der Waals surface area contributed by atoms with Crippen LogP contribution in [0.4, 0.5) is 0 Å². The van der Waals surface area contributed by atoms with E-state index >= 15 is 0 Å². The summed E-state index contributed by atoms with van der Waals surface area (Å²) in [5.74, 6) is 0.844. The van der Waals surface area contributed by atoms with E-state index in [1.807, 2.05) is 10.9 Å². The van der Waals surface area contributed by atoms with Crippen molar-refractivity contribution in [1.82, 2.24) is 20.3 Å². The van der Waals surface area contributed by atoms with Crippen molar-refractivity contribution in [3.05, 3.63) is 11.9 Å². The van der Waals surface area contributed by atoms with E-state index in [0.717, 1.165) is 38.2 Å². The van der Waals surface area contributed by atoms with Crippen molar-refractivity contribution in [2.75, 3.05) is 33.4 Å². The van der Waals surface area contributed by atoms with Gasteiger partial charge in [0.15, 0.2) is 0 Å². The van der Waals surface area contributed by atoms with Crippen LogP contribution in [0.1, 0.15) is 18.5 Å². The second kappa shape index (κ2) is 7.37. The number of methoxy groups -OCH3 is 1. The van der Waals surface area contributed by atoms with Crippen LogP contribution in [0, 0.1) is 11.8 Å². The van der Waals surface area contributed by atoms with Crippen LogP contribution in [0.3, 0.4) is 0 Å². The Balaban J connectivity index is 1.55. The first-order valence-corrected chi connectivity index (χ1v) is 8.50. The third kappa shape index (κ3) is 3.70. The molecule has 0 saturated carbocycles. The lowest BCUT2D eigenvalue weighted by atomic mass is 9.75. The first kappa shape index (κ1) is 16.4. The van der Waals surface area contributed by atoms with Gasteiger partial charge in [-0.2, -0.15) is 0 Å². The Bertz CT molecular complexity index is 534. The summed E-state index contributed by atoms with van der Waals surface area (Å²) in [7, 11) is 1.65. The van der Waals surface area contributed by atoms with Crippen molar-refractivity contribution in [3.63, 3.8) is 0 Å². The molecule has 23 heavy (non-hydrogen) atoms. The molecule has 4 heterocycles. The van der Waals surface area contributed by atoms with Crippen molar-refractivity contribution >= 4 is 5.91 Å². The number of fused-ring (bicyclic) bond motifs is 3. The molecule has 5 N–H and O–H groups in total. The van der Waals surface area contributed by atoms with Gasteiger partial charge in [0.05, 0.1) is 38.4 Å². The van der Waals surface area contributed by atoms with E-state index in [4.69, 9.17) is 4.74 Å². The summed E-state index contributed by atoms with van der Waals surface area (Å²) in [4.78, 5) is 13.9. The number of hydrogen-bond donors (Lipinski definition) is 3. The molecule has 1 amide bonds. The molecule has 3 saturated heterocycles. The molecule has 0 aromatic carbocycles. The quantitative estimate of drug-likeness (QED) is 0.468. The molecule has 8 nitrogen and oxygen atoms in total. The number of nitrogens with zero attached hydrogens (tertiary/aromatic N) is 3. The number of amides is 1. The minimum Gasteiger partial charge on any atom is -0.383 e. The SMILES string of the molecule is COCCNC(=O)[C@H]1C[NH+]2CC[C@@H]1C[C@@H]2Cn1cc(C[NH3+])nn1. The summed E-state index contributed by atoms with van der Waals surface area (Å²) in [6, 6.07) is 0.538. The zero-order chi connectivity index (χ0) is 16.2. The van der Waals surface area contributed by atoms with Crippen LogP contribution in [0.15, 0.2) is 6.20 Å². The predicted octanol–water partition coefficient (Wildman–Crippen LogP) is -2.92. The van der Waals surface area contributed by atoms with Crippen LogP contribution in [-0.4, -0.2) is 60.3 Å². The van der Waals surface area contributed by atoms with Crippen molar-refractivity contribution in [1.29, 1.82) is 0 Å². The number of ether oxygens (including phenoxy) is 1. The summed E-state index contributed by atoms with van der Waals surface area (Å²) in [5.41, 5.74) is 4.78. The van der Waals surface area contributed by atoms with E-state index in [-0.39, 0.29) is 11.8 Å². The standard InChI is InChI=1S/C15H26N6O2/c1-23-5-3-17-15(22)14-10-20-4-2-11(14)6-13(20)9-21-8-12(7-16)18-19-21/h8,11,13-14H,2-7,9-10,16H2,1H3,(H,17,22)/p+2/t11-,13-,14+/m1/s1. The molecule has 3 aliphatic heterocycles. The van der Waals surface area contributed by atoms with Crippen molar-refractivity contribution < 1.29 is 20.2 Å². The molecule has 0 spiro atoms. The van der Waals surface area contributed by atoms with Crippen molar-refractivity contribution in [2.24, 2.45) is 11.8 Å². The van der Waals surface area contributed by atoms with E-state index in [1.54, 1.807) is 7.11 Å². The first-order chi connectivity index (χ1) is 11.2. The van der Waals surface area contributed by atoms with Crippen LogP contribution in [-0.2, 0) is 22.6 Å². The van der Waals surface area contributed by atoms with E-state index < -0.39 is 0 Å². The monoisotopic (exact) mass is 324 g/mol. The van der Waals surface area contributed by atoms with E-state index in [0.29, 0.717) is 31.7 Å². The molecular weight excluding hydrogens is 296 g/mol. The Kier molecular flexibility index (Phi) is 5.24. The highest BCUT2D eigenvalue weighted by Gasteiger charge is 2.46. The molecular formula is C15H28N6O2+2. The van der Waals surface area contributed by atoms with Gasteiger partial charge in [0, 0.05) is 26.5 Å². The van der Waals surface area contributed by atoms with Gasteiger partial charge in [0.1, 0.15) is 18.3 Å². The second-order valence-corrected chi connectivity index (χ2v) is 6.67. The molecule has 1 aromatic rings. The number of nitrogens with one attached hydrogen (secondary N) is 2. The van der Waals surface area contributed by atoms with Crippen molar-refractivity contribution in [3.8, 4) is 0 Å². The molecule has 3 aliphatic rings. The van der Waals surface area contributed by atoms with Crippen LogP contribution in [0.2, 0.25) is 0 Å². The fourth-order valence-electron chi connectivity index (χ4n) is 3.99. The fraction of sp³-hybridized carbons (Fsp3) is 0.800. The molecule has 1 unspecified atom stereocenters. The van der Waals surface area contributed by atoms with Gasteiger partial charge in [-0.1, -0.05) is 5.21 Å². The molecule has 128 valence electrons. The average Bonchev–Trinajstić information content (AvgIpc) is 3.03. The zero-order valence-corrected chi connectivity index (χ0v) is 13.8. The summed E-state index contributed by atoms with van der Waals surface area (Å²) in [5, 5.41) is 11.3. The van der Waals surface area contributed by atoms with Gasteiger partial charge in [-0.25, -0.2) is 4.68 Å². The highest BCUT2D eigenvalue weighted by atomic mass is 16.5. The number of hydrogen-bond acceptors (Lipinski definition) is 4. The number of piperidine rings is 3. The summed E-state index contributed by atoms with van der Waals surface area (Å²) in [6.07, 6.45) is 4.23. The molecule has 0 radical (unpaired) electrons. The lowest BCUT2D eigenvalue weighted by molar-refractivity contribution is -0.945. The highest BCUT2D eigenvalue weighted by Crippen LogP contribution is 2.27. The lowest BCUT2D eigenvalue weighted by Crippen LogP contribution is -3.20. The summed E-state index contributed by atoms with van der Waals surface area (Å²) >= 11 is 0. The smallest absolute Gasteiger partial charge is 0.229 e. The van der Waals surface area contributed by atoms with Gasteiger partial charge in [-0.05, 0) is 5.92 Å². The minimum atomic E-state index is 0.151. The maximum absolute atomic E-state index is 12.4. The Hall–Kier alpha value is -1.51. The number of carbonyl (C=O) groups excluding carboxylic acids is 1. The van der Waals surface area contributed by atoms with Gasteiger partial charge < -0.3 is 20.7 Å². The van der Waals surface area contributed by atoms with E-state index in [1.165, 1.54) is 4.90 Å². The number of quaternary nitrogens is 2. The van der Waals surface area contributed by atoms with Crippen LogP contribution in [0.5, 0.6) is 0 Å². The maximum atomic E-state index is 12.4. The Morgan fingerprint density at radius 1 is 1.61 bits per heavy atom. The third-order valence-electron chi connectivity index (χ3n) is 5.24. The molecule has 8 heteroatoms. The maximum Gasteiger partial charge on any atom is 0.229 e. The topological polar surface area (TPSA) is 101 Å². The molecule has 2 bridgehead atoms. The molecule has 4 rings (SSSR count). The Morgan fingerprint density at radius 3 is 3.13 bits per heavy atom. The minimum absolute atomic E-state index is 0.151. The predicted molar refractivity (Wildman–Crippen MR) is 82.2 cm³/mol. The van der Waals surface area contributed by atoms with Crippen LogP contribution in [0.25, 0.3) is 0 Å². The summed E-state index contributed by atoms with van der Waals surface area (Å²) in [6.45, 7) is 4.83. The largest absolute Gasteiger partial charge is 0.383 e. The van der Waals surface area contributed by atoms with Gasteiger partial charge in [0.2, 0.25) is 5.91 Å². The molecule has 0 aliphatic carbocycles. The van der Waals surface area contributed by atoms with Crippen molar-refractivity contribution in [2.45, 2.75) is 32.0 Å². The lowest BCUT2D eigenvalue weighted by Gasteiger charge is -2.46. The van der Waals surface area contributed by atoms with E-state index in [2.05, 4.69) is 21.4 Å². The highest BCUT2D eigenvalue weighted by molar-refractivity contribution is 5.79. The number of rotatable bonds is 7. The van der Waals surface area contributed by atoms with Gasteiger partial charge in [-0.3, -0.25) is 4.79 Å². The zero-order valence-electron chi connectivity index (χ0n) is 13.8. The van der Waals surface area contributed by atoms with Gasteiger partial charge in [0.25, 0.3) is 0 Å². The molecule has 3 fully saturated rings. The second-order valence-electron chi connectivity index (χ2n) is 6.67. The molecule has 4 atom stereocenters. The fourth-order valence-corrected chi connectivity index (χ4v) is 3.99. The Morgan fingerprint density at radius 2 is 2.48 bits per heavy atom. The Labute approximate surface area is 136 Å². The van der Waals surface area contributed by atoms with Crippen LogP contribution < -0.4 is 16.0 Å². The van der Waals surface area contributed by atoms with Gasteiger partial charge in [-0.15, -0.1) is 5.10 Å². The van der Waals surface area contributed by atoms with E-state index in [9.17, 15) is 4.79 Å². The normalized spacial score (nSPS) is 29.7. The molecule has 1 aromatic heterocycles. The number of carbonyl (C=O) groups is 1.